The van der Waals surface area contributed by atoms with E-state index in [4.69, 9.17) is 9.73 Å². The molecule has 1 heterocycles. The lowest BCUT2D eigenvalue weighted by molar-refractivity contribution is -0.106. The Hall–Kier alpha value is -0.770. The van der Waals surface area contributed by atoms with Crippen molar-refractivity contribution < 1.29 is 4.74 Å². The molecule has 2 N–H and O–H groups in total. The average Bonchev–Trinajstić information content (AvgIpc) is 3.16. The van der Waals surface area contributed by atoms with Crippen LogP contribution in [0.1, 0.15) is 52.9 Å². The molecule has 3 unspecified atom stereocenters. The predicted octanol–water partition coefficient (Wildman–Crippen LogP) is 2.55. The van der Waals surface area contributed by atoms with Gasteiger partial charge >= 0.3 is 0 Å². The van der Waals surface area contributed by atoms with E-state index in [1.165, 1.54) is 32.1 Å². The van der Waals surface area contributed by atoms with Gasteiger partial charge in [-0.2, -0.15) is 0 Å². The Morgan fingerprint density at radius 2 is 2.10 bits per heavy atom. The van der Waals surface area contributed by atoms with Crippen LogP contribution in [0, 0.1) is 17.3 Å². The second kappa shape index (κ2) is 6.15. The molecule has 21 heavy (non-hydrogen) atoms. The topological polar surface area (TPSA) is 45.7 Å². The summed E-state index contributed by atoms with van der Waals surface area (Å²) in [6.45, 7) is 9.55. The fourth-order valence-electron chi connectivity index (χ4n) is 4.06. The number of hydrogen-bond donors (Lipinski definition) is 2. The number of nitrogens with zero attached hydrogens (tertiary/aromatic N) is 1. The molecule has 0 aromatic rings. The summed E-state index contributed by atoms with van der Waals surface area (Å²) in [6, 6.07) is 0.492. The monoisotopic (exact) mass is 293 g/mol. The van der Waals surface area contributed by atoms with Gasteiger partial charge < -0.3 is 15.4 Å². The number of rotatable bonds is 6. The molecule has 3 aliphatic rings. The number of hydrogen-bond acceptors (Lipinski definition) is 2. The zero-order valence-electron chi connectivity index (χ0n) is 13.8. The van der Waals surface area contributed by atoms with E-state index in [1.54, 1.807) is 0 Å². The summed E-state index contributed by atoms with van der Waals surface area (Å²) in [6.07, 6.45) is 7.10. The highest BCUT2D eigenvalue weighted by Crippen LogP contribution is 2.52. The van der Waals surface area contributed by atoms with E-state index in [-0.39, 0.29) is 5.41 Å². The minimum absolute atomic E-state index is 0.214. The van der Waals surface area contributed by atoms with Gasteiger partial charge in [0.05, 0.1) is 6.10 Å². The van der Waals surface area contributed by atoms with Gasteiger partial charge in [0.25, 0.3) is 0 Å². The fraction of sp³-hybridized carbons (Fsp3) is 0.941. The summed E-state index contributed by atoms with van der Waals surface area (Å²) in [5, 5.41) is 7.08. The van der Waals surface area contributed by atoms with Gasteiger partial charge in [-0.1, -0.05) is 26.7 Å². The lowest BCUT2D eigenvalue weighted by atomic mass is 9.57. The van der Waals surface area contributed by atoms with E-state index in [2.05, 4.69) is 31.4 Å². The van der Waals surface area contributed by atoms with Crippen molar-refractivity contribution in [2.24, 2.45) is 22.2 Å². The smallest absolute Gasteiger partial charge is 0.191 e. The standard InChI is InChI=1S/C17H31N3O/c1-4-18-16(19-10-5-6-12-7-8-12)20-14-13-9-11-21-15(13)17(14,2)3/h12-15H,4-11H2,1-3H3,(H2,18,19,20). The lowest BCUT2D eigenvalue weighted by Crippen LogP contribution is -2.67. The van der Waals surface area contributed by atoms with E-state index < -0.39 is 0 Å². The summed E-state index contributed by atoms with van der Waals surface area (Å²) in [4.78, 5) is 4.77. The predicted molar refractivity (Wildman–Crippen MR) is 86.5 cm³/mol. The molecular weight excluding hydrogens is 262 g/mol. The maximum atomic E-state index is 5.87. The summed E-state index contributed by atoms with van der Waals surface area (Å²) in [7, 11) is 0. The molecule has 4 nitrogen and oxygen atoms in total. The van der Waals surface area contributed by atoms with Gasteiger partial charge in [-0.25, -0.2) is 0 Å². The third kappa shape index (κ3) is 3.20. The van der Waals surface area contributed by atoms with Crippen LogP contribution in [0.3, 0.4) is 0 Å². The quantitative estimate of drug-likeness (QED) is 0.449. The van der Waals surface area contributed by atoms with Crippen molar-refractivity contribution in [3.63, 3.8) is 0 Å². The first-order valence-corrected chi connectivity index (χ1v) is 8.79. The Morgan fingerprint density at radius 3 is 2.81 bits per heavy atom. The van der Waals surface area contributed by atoms with E-state index in [0.717, 1.165) is 31.6 Å². The van der Waals surface area contributed by atoms with E-state index >= 15 is 0 Å². The van der Waals surface area contributed by atoms with Crippen LogP contribution in [0.2, 0.25) is 0 Å². The summed E-state index contributed by atoms with van der Waals surface area (Å²) < 4.78 is 5.87. The number of aliphatic imine (C=N–C) groups is 1. The molecule has 0 amide bonds. The third-order valence-corrected chi connectivity index (χ3v) is 5.47. The van der Waals surface area contributed by atoms with Crippen LogP contribution in [0.4, 0.5) is 0 Å². The first-order chi connectivity index (χ1) is 10.1. The molecule has 0 aromatic carbocycles. The molecule has 1 saturated heterocycles. The average molecular weight is 293 g/mol. The normalized spacial score (nSPS) is 34.2. The number of fused-ring (bicyclic) bond motifs is 1. The SMILES string of the molecule is CCNC(=NCCCC1CC1)NC1C2CCOC2C1(C)C. The van der Waals surface area contributed by atoms with Crippen LogP contribution in [0.15, 0.2) is 4.99 Å². The first-order valence-electron chi connectivity index (χ1n) is 8.79. The maximum absolute atomic E-state index is 5.87. The van der Waals surface area contributed by atoms with Crippen molar-refractivity contribution in [1.82, 2.24) is 10.6 Å². The van der Waals surface area contributed by atoms with Crippen molar-refractivity contribution in [3.8, 4) is 0 Å². The summed E-state index contributed by atoms with van der Waals surface area (Å²) in [5.41, 5.74) is 0.214. The van der Waals surface area contributed by atoms with Gasteiger partial charge in [-0.3, -0.25) is 4.99 Å². The van der Waals surface area contributed by atoms with Crippen molar-refractivity contribution >= 4 is 5.96 Å². The van der Waals surface area contributed by atoms with Crippen molar-refractivity contribution in [2.45, 2.75) is 65.0 Å². The Balaban J connectivity index is 1.52. The molecule has 2 saturated carbocycles. The Kier molecular flexibility index (Phi) is 4.43. The Labute approximate surface area is 129 Å². The lowest BCUT2D eigenvalue weighted by Gasteiger charge is -2.54. The Morgan fingerprint density at radius 1 is 1.29 bits per heavy atom. The van der Waals surface area contributed by atoms with Gasteiger partial charge in [-0.05, 0) is 32.1 Å². The first kappa shape index (κ1) is 15.1. The van der Waals surface area contributed by atoms with Gasteiger partial charge in [0.1, 0.15) is 0 Å². The minimum atomic E-state index is 0.214. The molecule has 0 radical (unpaired) electrons. The molecule has 3 fully saturated rings. The second-order valence-electron chi connectivity index (χ2n) is 7.53. The largest absolute Gasteiger partial charge is 0.377 e. The van der Waals surface area contributed by atoms with Crippen molar-refractivity contribution in [1.29, 1.82) is 0 Å². The number of nitrogens with one attached hydrogen (secondary N) is 2. The van der Waals surface area contributed by atoms with Crippen LogP contribution >= 0.6 is 0 Å². The van der Waals surface area contributed by atoms with E-state index in [1.807, 2.05) is 0 Å². The molecule has 3 atom stereocenters. The fourth-order valence-corrected chi connectivity index (χ4v) is 4.06. The number of guanidine groups is 1. The van der Waals surface area contributed by atoms with E-state index in [0.29, 0.717) is 18.1 Å². The molecule has 3 rings (SSSR count). The zero-order chi connectivity index (χ0) is 14.9. The number of ether oxygens (including phenoxy) is 1. The molecule has 2 aliphatic carbocycles. The highest BCUT2D eigenvalue weighted by Gasteiger charge is 2.59. The van der Waals surface area contributed by atoms with Crippen LogP contribution in [0.25, 0.3) is 0 Å². The van der Waals surface area contributed by atoms with Crippen molar-refractivity contribution in [2.75, 3.05) is 19.7 Å². The summed E-state index contributed by atoms with van der Waals surface area (Å²) >= 11 is 0. The van der Waals surface area contributed by atoms with Gasteiger partial charge in [0.2, 0.25) is 0 Å². The van der Waals surface area contributed by atoms with Gasteiger partial charge in [-0.15, -0.1) is 0 Å². The minimum Gasteiger partial charge on any atom is -0.377 e. The molecule has 0 bridgehead atoms. The maximum Gasteiger partial charge on any atom is 0.191 e. The highest BCUT2D eigenvalue weighted by molar-refractivity contribution is 5.80. The van der Waals surface area contributed by atoms with E-state index in [9.17, 15) is 0 Å². The van der Waals surface area contributed by atoms with Crippen LogP contribution < -0.4 is 10.6 Å². The second-order valence-corrected chi connectivity index (χ2v) is 7.53. The third-order valence-electron chi connectivity index (χ3n) is 5.47. The van der Waals surface area contributed by atoms with Gasteiger partial charge in [0, 0.05) is 37.1 Å². The van der Waals surface area contributed by atoms with Crippen LogP contribution in [-0.4, -0.2) is 37.8 Å². The molecule has 0 aromatic heterocycles. The molecular formula is C17H31N3O. The molecule has 4 heteroatoms. The molecule has 0 spiro atoms. The highest BCUT2D eigenvalue weighted by atomic mass is 16.5. The van der Waals surface area contributed by atoms with Crippen LogP contribution in [-0.2, 0) is 4.74 Å². The Bertz CT molecular complexity index is 389. The summed E-state index contributed by atoms with van der Waals surface area (Å²) in [5.74, 6) is 2.67. The van der Waals surface area contributed by atoms with Crippen molar-refractivity contribution in [3.05, 3.63) is 0 Å². The van der Waals surface area contributed by atoms with Gasteiger partial charge in [0.15, 0.2) is 5.96 Å². The molecule has 120 valence electrons. The molecule has 1 aliphatic heterocycles. The van der Waals surface area contributed by atoms with Crippen LogP contribution in [0.5, 0.6) is 0 Å². The zero-order valence-corrected chi connectivity index (χ0v) is 13.8.